The van der Waals surface area contributed by atoms with Crippen LogP contribution in [-0.2, 0) is 14.8 Å². The summed E-state index contributed by atoms with van der Waals surface area (Å²) in [5.74, 6) is -0.758. The predicted octanol–water partition coefficient (Wildman–Crippen LogP) is 4.02. The van der Waals surface area contributed by atoms with Gasteiger partial charge < -0.3 is 10.2 Å². The van der Waals surface area contributed by atoms with Crippen molar-refractivity contribution in [3.05, 3.63) is 58.1 Å². The predicted molar refractivity (Wildman–Crippen MR) is 123 cm³/mol. The third kappa shape index (κ3) is 5.90. The van der Waals surface area contributed by atoms with Crippen LogP contribution < -0.4 is 9.62 Å². The highest BCUT2D eigenvalue weighted by molar-refractivity contribution is 7.92. The number of piperidine rings is 1. The molecule has 0 spiro atoms. The molecule has 1 aliphatic heterocycles. The molecular weight excluding hydrogens is 461 g/mol. The first-order valence-corrected chi connectivity index (χ1v) is 12.4. The summed E-state index contributed by atoms with van der Waals surface area (Å²) in [7, 11) is -3.81. The van der Waals surface area contributed by atoms with Crippen LogP contribution in [0, 0.1) is 0 Å². The van der Waals surface area contributed by atoms with E-state index in [0.29, 0.717) is 29.4 Å². The zero-order valence-corrected chi connectivity index (χ0v) is 19.3. The number of amides is 2. The Morgan fingerprint density at radius 3 is 2.39 bits per heavy atom. The van der Waals surface area contributed by atoms with Crippen LogP contribution in [-0.4, -0.2) is 51.0 Å². The molecule has 0 atom stereocenters. The van der Waals surface area contributed by atoms with E-state index < -0.39 is 22.5 Å². The molecule has 1 aliphatic rings. The monoisotopic (exact) mass is 483 g/mol. The van der Waals surface area contributed by atoms with E-state index in [1.807, 2.05) is 0 Å². The van der Waals surface area contributed by atoms with Crippen molar-refractivity contribution in [1.82, 2.24) is 4.90 Å². The SMILES string of the molecule is CS(=O)(=O)N(CC(=O)Nc1ccccc1C(=O)N1CCCCC1)c1ccc(Cl)cc1Cl. The maximum Gasteiger partial charge on any atom is 0.255 e. The standard InChI is InChI=1S/C21H23Cl2N3O4S/c1-31(29,30)26(19-10-9-15(22)13-17(19)23)14-20(27)24-18-8-4-3-7-16(18)21(28)25-11-5-2-6-12-25/h3-4,7-10,13H,2,5-6,11-12,14H2,1H3,(H,24,27). The van der Waals surface area contributed by atoms with Crippen molar-refractivity contribution in [2.75, 3.05) is 35.5 Å². The Bertz CT molecular complexity index is 1090. The van der Waals surface area contributed by atoms with E-state index >= 15 is 0 Å². The van der Waals surface area contributed by atoms with Gasteiger partial charge in [-0.3, -0.25) is 13.9 Å². The van der Waals surface area contributed by atoms with Crippen LogP contribution in [0.5, 0.6) is 0 Å². The number of hydrogen-bond donors (Lipinski definition) is 1. The van der Waals surface area contributed by atoms with E-state index in [0.717, 1.165) is 29.8 Å². The molecule has 10 heteroatoms. The summed E-state index contributed by atoms with van der Waals surface area (Å²) in [5, 5.41) is 3.12. The summed E-state index contributed by atoms with van der Waals surface area (Å²) in [5.41, 5.74) is 0.841. The zero-order valence-electron chi connectivity index (χ0n) is 17.0. The number of rotatable bonds is 6. The number of anilines is 2. The van der Waals surface area contributed by atoms with Gasteiger partial charge in [0.1, 0.15) is 6.54 Å². The lowest BCUT2D eigenvalue weighted by Crippen LogP contribution is -2.38. The number of nitrogens with zero attached hydrogens (tertiary/aromatic N) is 2. The van der Waals surface area contributed by atoms with Crippen molar-refractivity contribution in [2.45, 2.75) is 19.3 Å². The van der Waals surface area contributed by atoms with E-state index in [2.05, 4.69) is 5.32 Å². The number of hydrogen-bond acceptors (Lipinski definition) is 4. The van der Waals surface area contributed by atoms with Gasteiger partial charge in [-0.15, -0.1) is 0 Å². The molecule has 0 aromatic heterocycles. The number of sulfonamides is 1. The third-order valence-electron chi connectivity index (χ3n) is 4.94. The van der Waals surface area contributed by atoms with Gasteiger partial charge in [0.05, 0.1) is 28.2 Å². The first-order chi connectivity index (χ1) is 14.7. The number of benzene rings is 2. The first-order valence-electron chi connectivity index (χ1n) is 9.78. The molecule has 166 valence electrons. The third-order valence-corrected chi connectivity index (χ3v) is 6.61. The number of carbonyl (C=O) groups is 2. The summed E-state index contributed by atoms with van der Waals surface area (Å²) >= 11 is 12.0. The lowest BCUT2D eigenvalue weighted by molar-refractivity contribution is -0.114. The zero-order chi connectivity index (χ0) is 22.6. The van der Waals surface area contributed by atoms with Gasteiger partial charge in [0.25, 0.3) is 5.91 Å². The highest BCUT2D eigenvalue weighted by Crippen LogP contribution is 2.30. The lowest BCUT2D eigenvalue weighted by atomic mass is 10.1. The number of carbonyl (C=O) groups excluding carboxylic acids is 2. The number of para-hydroxylation sites is 1. The molecule has 0 aliphatic carbocycles. The molecule has 0 bridgehead atoms. The molecule has 2 amide bonds. The Kier molecular flexibility index (Phi) is 7.46. The fraction of sp³-hybridized carbons (Fsp3) is 0.333. The van der Waals surface area contributed by atoms with Crippen molar-refractivity contribution < 1.29 is 18.0 Å². The smallest absolute Gasteiger partial charge is 0.255 e. The van der Waals surface area contributed by atoms with Gasteiger partial charge in [0.2, 0.25) is 15.9 Å². The molecular formula is C21H23Cl2N3O4S. The van der Waals surface area contributed by atoms with Gasteiger partial charge in [-0.05, 0) is 49.6 Å². The van der Waals surface area contributed by atoms with Gasteiger partial charge >= 0.3 is 0 Å². The van der Waals surface area contributed by atoms with Crippen LogP contribution >= 0.6 is 23.2 Å². The fourth-order valence-electron chi connectivity index (χ4n) is 3.43. The summed E-state index contributed by atoms with van der Waals surface area (Å²) in [6.07, 6.45) is 3.98. The van der Waals surface area contributed by atoms with Crippen LogP contribution in [0.1, 0.15) is 29.6 Å². The molecule has 2 aromatic rings. The summed E-state index contributed by atoms with van der Waals surface area (Å²) in [6.45, 7) is 0.850. The quantitative estimate of drug-likeness (QED) is 0.671. The average molecular weight is 484 g/mol. The summed E-state index contributed by atoms with van der Waals surface area (Å²) in [6, 6.07) is 11.0. The average Bonchev–Trinajstić information content (AvgIpc) is 2.72. The Morgan fingerprint density at radius 2 is 1.74 bits per heavy atom. The number of nitrogens with one attached hydrogen (secondary N) is 1. The number of likely N-dealkylation sites (tertiary alicyclic amines) is 1. The normalized spacial score (nSPS) is 14.2. The molecule has 2 aromatic carbocycles. The molecule has 1 fully saturated rings. The second-order valence-corrected chi connectivity index (χ2v) is 10.1. The molecule has 0 unspecified atom stereocenters. The van der Waals surface area contributed by atoms with Gasteiger partial charge in [0, 0.05) is 18.1 Å². The van der Waals surface area contributed by atoms with E-state index in [1.165, 1.54) is 18.2 Å². The molecule has 1 saturated heterocycles. The van der Waals surface area contributed by atoms with Crippen molar-refractivity contribution in [3.63, 3.8) is 0 Å². The van der Waals surface area contributed by atoms with E-state index in [9.17, 15) is 18.0 Å². The maximum absolute atomic E-state index is 12.9. The van der Waals surface area contributed by atoms with Crippen molar-refractivity contribution in [2.24, 2.45) is 0 Å². The van der Waals surface area contributed by atoms with Crippen LogP contribution in [0.15, 0.2) is 42.5 Å². The first kappa shape index (κ1) is 23.4. The van der Waals surface area contributed by atoms with E-state index in [4.69, 9.17) is 23.2 Å². The maximum atomic E-state index is 12.9. The van der Waals surface area contributed by atoms with Crippen LogP contribution in [0.2, 0.25) is 10.0 Å². The number of halogens is 2. The highest BCUT2D eigenvalue weighted by Gasteiger charge is 2.25. The van der Waals surface area contributed by atoms with Crippen LogP contribution in [0.3, 0.4) is 0 Å². The largest absolute Gasteiger partial charge is 0.339 e. The Hall–Kier alpha value is -2.29. The van der Waals surface area contributed by atoms with E-state index in [-0.39, 0.29) is 16.6 Å². The van der Waals surface area contributed by atoms with Gasteiger partial charge in [-0.1, -0.05) is 35.3 Å². The minimum Gasteiger partial charge on any atom is -0.339 e. The van der Waals surface area contributed by atoms with Crippen LogP contribution in [0.4, 0.5) is 11.4 Å². The second-order valence-electron chi connectivity index (χ2n) is 7.31. The Balaban J connectivity index is 1.81. The summed E-state index contributed by atoms with van der Waals surface area (Å²) in [4.78, 5) is 27.4. The van der Waals surface area contributed by atoms with Crippen LogP contribution in [0.25, 0.3) is 0 Å². The minimum atomic E-state index is -3.81. The van der Waals surface area contributed by atoms with E-state index in [1.54, 1.807) is 29.2 Å². The Labute approximate surface area is 192 Å². The van der Waals surface area contributed by atoms with Crippen molar-refractivity contribution >= 4 is 56.4 Å². The van der Waals surface area contributed by atoms with Gasteiger partial charge in [0.15, 0.2) is 0 Å². The second kappa shape index (κ2) is 9.89. The van der Waals surface area contributed by atoms with Crippen molar-refractivity contribution in [1.29, 1.82) is 0 Å². The molecule has 1 heterocycles. The lowest BCUT2D eigenvalue weighted by Gasteiger charge is -2.27. The Morgan fingerprint density at radius 1 is 1.06 bits per heavy atom. The molecule has 31 heavy (non-hydrogen) atoms. The van der Waals surface area contributed by atoms with Crippen molar-refractivity contribution in [3.8, 4) is 0 Å². The molecule has 7 nitrogen and oxygen atoms in total. The molecule has 3 rings (SSSR count). The topological polar surface area (TPSA) is 86.8 Å². The summed E-state index contributed by atoms with van der Waals surface area (Å²) < 4.78 is 25.6. The molecule has 1 N–H and O–H groups in total. The highest BCUT2D eigenvalue weighted by atomic mass is 35.5. The fourth-order valence-corrected chi connectivity index (χ4v) is 4.86. The molecule has 0 radical (unpaired) electrons. The minimum absolute atomic E-state index is 0.103. The molecule has 0 saturated carbocycles. The van der Waals surface area contributed by atoms with Gasteiger partial charge in [-0.25, -0.2) is 8.42 Å². The van der Waals surface area contributed by atoms with Gasteiger partial charge in [-0.2, -0.15) is 0 Å².